The highest BCUT2D eigenvalue weighted by Gasteiger charge is 2.22. The zero-order valence-electron chi connectivity index (χ0n) is 16.5. The number of rotatable bonds is 7. The molecule has 1 aliphatic rings. The first-order valence-corrected chi connectivity index (χ1v) is 11.9. The Bertz CT molecular complexity index is 955. The van der Waals surface area contributed by atoms with Gasteiger partial charge in [-0.2, -0.15) is 0 Å². The molecule has 3 aromatic rings. The summed E-state index contributed by atoms with van der Waals surface area (Å²) in [5, 5.41) is 0.788. The first-order valence-electron chi connectivity index (χ1n) is 9.82. The number of fused-ring (bicyclic) bond motifs is 1. The number of ether oxygens (including phenoxy) is 1. The summed E-state index contributed by atoms with van der Waals surface area (Å²) in [6, 6.07) is 16.1. The number of nitrogens with zero attached hydrogens (tertiary/aromatic N) is 3. The quantitative estimate of drug-likeness (QED) is 0.535. The van der Waals surface area contributed by atoms with E-state index in [1.165, 1.54) is 0 Å². The van der Waals surface area contributed by atoms with Crippen molar-refractivity contribution in [3.63, 3.8) is 0 Å². The molecule has 2 aromatic carbocycles. The number of amides is 1. The van der Waals surface area contributed by atoms with Gasteiger partial charge in [0.25, 0.3) is 0 Å². The third kappa shape index (κ3) is 4.98. The number of aromatic nitrogens is 1. The molecule has 0 N–H and O–H groups in total. The van der Waals surface area contributed by atoms with Crippen LogP contribution in [0.15, 0.2) is 53.4 Å². The van der Waals surface area contributed by atoms with E-state index in [1.54, 1.807) is 23.1 Å². The van der Waals surface area contributed by atoms with Gasteiger partial charge in [0.05, 0.1) is 29.9 Å². The zero-order valence-corrected chi connectivity index (χ0v) is 18.2. The lowest BCUT2D eigenvalue weighted by Crippen LogP contribution is -2.43. The number of morpholine rings is 1. The third-order valence-electron chi connectivity index (χ3n) is 5.06. The Labute approximate surface area is 179 Å². The highest BCUT2D eigenvalue weighted by molar-refractivity contribution is 7.98. The molecule has 2 heterocycles. The van der Waals surface area contributed by atoms with Crippen LogP contribution in [-0.2, 0) is 16.0 Å². The van der Waals surface area contributed by atoms with Gasteiger partial charge in [-0.15, -0.1) is 11.8 Å². The molecule has 152 valence electrons. The van der Waals surface area contributed by atoms with Crippen LogP contribution in [-0.4, -0.2) is 61.4 Å². The Kier molecular flexibility index (Phi) is 6.82. The van der Waals surface area contributed by atoms with Crippen molar-refractivity contribution in [1.82, 2.24) is 9.88 Å². The van der Waals surface area contributed by atoms with Crippen molar-refractivity contribution in [3.05, 3.63) is 54.1 Å². The van der Waals surface area contributed by atoms with Crippen LogP contribution >= 0.6 is 23.1 Å². The van der Waals surface area contributed by atoms with Gasteiger partial charge in [-0.25, -0.2) is 4.98 Å². The summed E-state index contributed by atoms with van der Waals surface area (Å²) in [6.07, 6.45) is 2.44. The van der Waals surface area contributed by atoms with Crippen LogP contribution in [0.1, 0.15) is 5.56 Å². The molecule has 0 spiro atoms. The number of carbonyl (C=O) groups is 1. The van der Waals surface area contributed by atoms with Gasteiger partial charge in [-0.05, 0) is 24.0 Å². The number of para-hydroxylation sites is 1. The number of hydrogen-bond donors (Lipinski definition) is 0. The average molecular weight is 428 g/mol. The molecule has 7 heteroatoms. The topological polar surface area (TPSA) is 45.7 Å². The van der Waals surface area contributed by atoms with Gasteiger partial charge in [-0.3, -0.25) is 14.6 Å². The molecule has 0 saturated carbocycles. The monoisotopic (exact) mass is 427 g/mol. The van der Waals surface area contributed by atoms with E-state index in [0.29, 0.717) is 13.0 Å². The Morgan fingerprint density at radius 2 is 1.97 bits per heavy atom. The third-order valence-corrected chi connectivity index (χ3v) is 6.88. The van der Waals surface area contributed by atoms with E-state index in [2.05, 4.69) is 29.4 Å². The molecule has 1 fully saturated rings. The maximum atomic E-state index is 13.3. The highest BCUT2D eigenvalue weighted by Crippen LogP contribution is 2.34. The van der Waals surface area contributed by atoms with Crippen LogP contribution in [0.25, 0.3) is 10.2 Å². The lowest BCUT2D eigenvalue weighted by molar-refractivity contribution is -0.118. The lowest BCUT2D eigenvalue weighted by atomic mass is 10.1. The van der Waals surface area contributed by atoms with Crippen LogP contribution in [0.2, 0.25) is 0 Å². The van der Waals surface area contributed by atoms with Gasteiger partial charge in [0.2, 0.25) is 5.91 Å². The highest BCUT2D eigenvalue weighted by atomic mass is 32.2. The molecule has 1 aliphatic heterocycles. The Hall–Kier alpha value is -1.93. The summed E-state index contributed by atoms with van der Waals surface area (Å²) in [6.45, 7) is 4.82. The van der Waals surface area contributed by atoms with E-state index in [9.17, 15) is 4.79 Å². The molecule has 1 aromatic heterocycles. The van der Waals surface area contributed by atoms with Crippen LogP contribution in [0, 0.1) is 0 Å². The van der Waals surface area contributed by atoms with Crippen LogP contribution in [0.4, 0.5) is 5.13 Å². The van der Waals surface area contributed by atoms with E-state index < -0.39 is 0 Å². The minimum absolute atomic E-state index is 0.0919. The number of hydrogen-bond acceptors (Lipinski definition) is 6. The minimum Gasteiger partial charge on any atom is -0.379 e. The fourth-order valence-electron chi connectivity index (χ4n) is 3.45. The fraction of sp³-hybridized carbons (Fsp3) is 0.364. The van der Waals surface area contributed by atoms with E-state index in [-0.39, 0.29) is 5.91 Å². The summed E-state index contributed by atoms with van der Waals surface area (Å²) in [7, 11) is 0. The molecule has 0 bridgehead atoms. The average Bonchev–Trinajstić information content (AvgIpc) is 3.19. The summed E-state index contributed by atoms with van der Waals surface area (Å²) in [5.74, 6) is 0.0919. The second-order valence-electron chi connectivity index (χ2n) is 6.97. The van der Waals surface area contributed by atoms with Gasteiger partial charge in [0, 0.05) is 31.1 Å². The van der Waals surface area contributed by atoms with Crippen molar-refractivity contribution in [2.24, 2.45) is 0 Å². The first-order chi connectivity index (χ1) is 14.2. The molecule has 29 heavy (non-hydrogen) atoms. The van der Waals surface area contributed by atoms with Crippen molar-refractivity contribution >= 4 is 44.4 Å². The molecule has 0 aliphatic carbocycles. The molecule has 0 atom stereocenters. The van der Waals surface area contributed by atoms with Crippen LogP contribution < -0.4 is 4.90 Å². The van der Waals surface area contributed by atoms with Gasteiger partial charge in [0.1, 0.15) is 0 Å². The standard InChI is InChI=1S/C22H25N3O2S2/c1-28-18-8-5-9-19-21(18)23-22(29-19)25(11-10-24-12-14-27-15-13-24)20(26)16-17-6-3-2-4-7-17/h2-9H,10-16H2,1H3. The molecule has 5 nitrogen and oxygen atoms in total. The molecular weight excluding hydrogens is 402 g/mol. The van der Waals surface area contributed by atoms with Gasteiger partial charge >= 0.3 is 0 Å². The smallest absolute Gasteiger partial charge is 0.233 e. The number of benzene rings is 2. The predicted molar refractivity (Wildman–Crippen MR) is 121 cm³/mol. The van der Waals surface area contributed by atoms with E-state index >= 15 is 0 Å². The summed E-state index contributed by atoms with van der Waals surface area (Å²) >= 11 is 3.29. The molecule has 1 saturated heterocycles. The van der Waals surface area contributed by atoms with Gasteiger partial charge in [0.15, 0.2) is 5.13 Å². The predicted octanol–water partition coefficient (Wildman–Crippen LogP) is 3.93. The SMILES string of the molecule is CSc1cccc2sc(N(CCN3CCOCC3)C(=O)Cc3ccccc3)nc12. The minimum atomic E-state index is 0.0919. The van der Waals surface area contributed by atoms with Gasteiger partial charge < -0.3 is 4.74 Å². The molecule has 0 unspecified atom stereocenters. The number of thiazole rings is 1. The lowest BCUT2D eigenvalue weighted by Gasteiger charge is -2.29. The summed E-state index contributed by atoms with van der Waals surface area (Å²) < 4.78 is 6.57. The summed E-state index contributed by atoms with van der Waals surface area (Å²) in [5.41, 5.74) is 2.02. The maximum Gasteiger partial charge on any atom is 0.233 e. The number of carbonyl (C=O) groups excluding carboxylic acids is 1. The van der Waals surface area contributed by atoms with Crippen molar-refractivity contribution in [2.75, 3.05) is 50.5 Å². The van der Waals surface area contributed by atoms with Crippen LogP contribution in [0.3, 0.4) is 0 Å². The zero-order chi connectivity index (χ0) is 20.1. The maximum absolute atomic E-state index is 13.3. The van der Waals surface area contributed by atoms with Crippen molar-refractivity contribution < 1.29 is 9.53 Å². The van der Waals surface area contributed by atoms with Crippen molar-refractivity contribution in [1.29, 1.82) is 0 Å². The Balaban J connectivity index is 1.59. The van der Waals surface area contributed by atoms with Crippen molar-refractivity contribution in [2.45, 2.75) is 11.3 Å². The second kappa shape index (κ2) is 9.71. The number of anilines is 1. The normalized spacial score (nSPS) is 14.9. The Morgan fingerprint density at radius 3 is 2.72 bits per heavy atom. The van der Waals surface area contributed by atoms with E-state index in [4.69, 9.17) is 9.72 Å². The van der Waals surface area contributed by atoms with E-state index in [0.717, 1.165) is 58.7 Å². The molecule has 1 amide bonds. The second-order valence-corrected chi connectivity index (χ2v) is 8.82. The first kappa shape index (κ1) is 20.3. The Morgan fingerprint density at radius 1 is 1.17 bits per heavy atom. The number of thioether (sulfide) groups is 1. The largest absolute Gasteiger partial charge is 0.379 e. The molecular formula is C22H25N3O2S2. The molecule has 4 rings (SSSR count). The van der Waals surface area contributed by atoms with Gasteiger partial charge in [-0.1, -0.05) is 47.7 Å². The summed E-state index contributed by atoms with van der Waals surface area (Å²) in [4.78, 5) is 23.5. The molecule has 0 radical (unpaired) electrons. The fourth-order valence-corrected chi connectivity index (χ4v) is 5.11. The van der Waals surface area contributed by atoms with Crippen molar-refractivity contribution in [3.8, 4) is 0 Å². The van der Waals surface area contributed by atoms with E-state index in [1.807, 2.05) is 35.2 Å². The van der Waals surface area contributed by atoms with Crippen LogP contribution in [0.5, 0.6) is 0 Å².